The van der Waals surface area contributed by atoms with Gasteiger partial charge in [0.2, 0.25) is 0 Å². The number of likely N-dealkylation sites (N-methyl/N-ethyl adjacent to an activating group) is 1. The molecule has 0 radical (unpaired) electrons. The van der Waals surface area contributed by atoms with Crippen LogP contribution in [0.5, 0.6) is 0 Å². The summed E-state index contributed by atoms with van der Waals surface area (Å²) >= 11 is 0. The van der Waals surface area contributed by atoms with E-state index in [-0.39, 0.29) is 13.2 Å². The molecule has 0 aromatic heterocycles. The highest BCUT2D eigenvalue weighted by Crippen LogP contribution is 2.32. The number of nitrogens with zero attached hydrogens (tertiary/aromatic N) is 2. The number of likely N-dealkylation sites (tertiary alicyclic amines) is 1. The van der Waals surface area contributed by atoms with E-state index < -0.39 is 41.7 Å². The first kappa shape index (κ1) is 27.7. The summed E-state index contributed by atoms with van der Waals surface area (Å²) in [5.74, 6) is -1.47. The summed E-state index contributed by atoms with van der Waals surface area (Å²) in [4.78, 5) is 53.9. The van der Waals surface area contributed by atoms with Crippen molar-refractivity contribution in [2.24, 2.45) is 0 Å². The van der Waals surface area contributed by atoms with Crippen LogP contribution in [-0.4, -0.2) is 70.2 Å². The van der Waals surface area contributed by atoms with Gasteiger partial charge in [0, 0.05) is 13.6 Å². The van der Waals surface area contributed by atoms with E-state index in [1.807, 2.05) is 36.4 Å². The number of rotatable bonds is 8. The number of amides is 4. The van der Waals surface area contributed by atoms with Crippen LogP contribution in [-0.2, 0) is 32.3 Å². The van der Waals surface area contributed by atoms with Crippen LogP contribution < -0.4 is 5.32 Å². The maximum atomic E-state index is 13.5. The standard InChI is InChI=1S/C27H33N3O7/c1-19(31)22(28-25(34)36-17-20-11-6-4-7-12-20)23(32)29(3)24(33)27(2)15-10-16-30(27)26(35)37-18-21-13-8-5-9-14-21/h4-9,11-14,19,22,31H,10,15-18H2,1-3H3,(H,28,34). The summed E-state index contributed by atoms with van der Waals surface area (Å²) in [6.45, 7) is 3.22. The predicted octanol–water partition coefficient (Wildman–Crippen LogP) is 2.84. The van der Waals surface area contributed by atoms with Crippen molar-refractivity contribution in [2.75, 3.05) is 13.6 Å². The van der Waals surface area contributed by atoms with Gasteiger partial charge in [0.25, 0.3) is 11.8 Å². The van der Waals surface area contributed by atoms with Gasteiger partial charge in [-0.3, -0.25) is 19.4 Å². The van der Waals surface area contributed by atoms with Gasteiger partial charge in [-0.1, -0.05) is 60.7 Å². The first-order valence-corrected chi connectivity index (χ1v) is 12.1. The van der Waals surface area contributed by atoms with Crippen LogP contribution in [0.3, 0.4) is 0 Å². The van der Waals surface area contributed by atoms with E-state index in [1.54, 1.807) is 31.2 Å². The molecule has 0 bridgehead atoms. The van der Waals surface area contributed by atoms with E-state index in [9.17, 15) is 24.3 Å². The van der Waals surface area contributed by atoms with Gasteiger partial charge >= 0.3 is 12.2 Å². The van der Waals surface area contributed by atoms with E-state index >= 15 is 0 Å². The molecule has 3 rings (SSSR count). The first-order chi connectivity index (χ1) is 17.6. The number of ether oxygens (including phenoxy) is 2. The number of aliphatic hydroxyl groups is 1. The van der Waals surface area contributed by atoms with Crippen LogP contribution in [0.25, 0.3) is 0 Å². The normalized spacial score (nSPS) is 18.4. The summed E-state index contributed by atoms with van der Waals surface area (Å²) in [7, 11) is 1.26. The third kappa shape index (κ3) is 6.85. The first-order valence-electron chi connectivity index (χ1n) is 12.1. The molecular weight excluding hydrogens is 478 g/mol. The molecule has 1 heterocycles. The molecular formula is C27H33N3O7. The Bertz CT molecular complexity index is 1090. The summed E-state index contributed by atoms with van der Waals surface area (Å²) in [5.41, 5.74) is 0.230. The van der Waals surface area contributed by atoms with E-state index in [0.717, 1.165) is 16.0 Å². The lowest BCUT2D eigenvalue weighted by atomic mass is 9.96. The average Bonchev–Trinajstić information content (AvgIpc) is 3.31. The maximum absolute atomic E-state index is 13.5. The fraction of sp³-hybridized carbons (Fsp3) is 0.407. The van der Waals surface area contributed by atoms with Crippen molar-refractivity contribution in [1.29, 1.82) is 0 Å². The van der Waals surface area contributed by atoms with Crippen molar-refractivity contribution >= 4 is 24.0 Å². The second-order valence-corrected chi connectivity index (χ2v) is 9.20. The molecule has 3 atom stereocenters. The van der Waals surface area contributed by atoms with Gasteiger partial charge in [-0.05, 0) is 37.8 Å². The van der Waals surface area contributed by atoms with Crippen LogP contribution in [0.4, 0.5) is 9.59 Å². The minimum absolute atomic E-state index is 0.0275. The molecule has 1 saturated heterocycles. The number of aliphatic hydroxyl groups excluding tert-OH is 1. The lowest BCUT2D eigenvalue weighted by molar-refractivity contribution is -0.151. The largest absolute Gasteiger partial charge is 0.445 e. The number of imide groups is 1. The highest BCUT2D eigenvalue weighted by molar-refractivity contribution is 6.03. The van der Waals surface area contributed by atoms with Crippen LogP contribution >= 0.6 is 0 Å². The Morgan fingerprint density at radius 1 is 1.00 bits per heavy atom. The summed E-state index contributed by atoms with van der Waals surface area (Å²) in [6, 6.07) is 16.7. The Morgan fingerprint density at radius 2 is 1.54 bits per heavy atom. The second kappa shape index (κ2) is 12.4. The van der Waals surface area contributed by atoms with E-state index in [4.69, 9.17) is 9.47 Å². The molecule has 198 valence electrons. The molecule has 10 nitrogen and oxygen atoms in total. The highest BCUT2D eigenvalue weighted by Gasteiger charge is 2.49. The number of nitrogens with one attached hydrogen (secondary N) is 1. The topological polar surface area (TPSA) is 125 Å². The molecule has 2 N–H and O–H groups in total. The summed E-state index contributed by atoms with van der Waals surface area (Å²) < 4.78 is 10.6. The van der Waals surface area contributed by atoms with Gasteiger partial charge in [-0.25, -0.2) is 9.59 Å². The Kier molecular flexibility index (Phi) is 9.24. The second-order valence-electron chi connectivity index (χ2n) is 9.20. The van der Waals surface area contributed by atoms with Crippen molar-refractivity contribution in [1.82, 2.24) is 15.1 Å². The minimum Gasteiger partial charge on any atom is -0.445 e. The highest BCUT2D eigenvalue weighted by atomic mass is 16.6. The lowest BCUT2D eigenvalue weighted by Gasteiger charge is -2.36. The van der Waals surface area contributed by atoms with E-state index in [2.05, 4.69) is 5.32 Å². The molecule has 1 aliphatic rings. The average molecular weight is 512 g/mol. The quantitative estimate of drug-likeness (QED) is 0.558. The third-order valence-corrected chi connectivity index (χ3v) is 6.40. The fourth-order valence-electron chi connectivity index (χ4n) is 4.23. The van der Waals surface area contributed by atoms with Gasteiger partial charge in [0.1, 0.15) is 24.8 Å². The number of hydrogen-bond donors (Lipinski definition) is 2. The monoisotopic (exact) mass is 511 g/mol. The molecule has 0 saturated carbocycles. The zero-order valence-corrected chi connectivity index (χ0v) is 21.3. The van der Waals surface area contributed by atoms with E-state index in [1.165, 1.54) is 18.9 Å². The molecule has 10 heteroatoms. The van der Waals surface area contributed by atoms with E-state index in [0.29, 0.717) is 19.4 Å². The van der Waals surface area contributed by atoms with Crippen LogP contribution in [0, 0.1) is 0 Å². The Labute approximate surface area is 216 Å². The van der Waals surface area contributed by atoms with Crippen molar-refractivity contribution in [3.8, 4) is 0 Å². The zero-order valence-electron chi connectivity index (χ0n) is 21.3. The Hall–Kier alpha value is -3.92. The lowest BCUT2D eigenvalue weighted by Crippen LogP contribution is -2.61. The maximum Gasteiger partial charge on any atom is 0.410 e. The third-order valence-electron chi connectivity index (χ3n) is 6.40. The van der Waals surface area contributed by atoms with Crippen molar-refractivity contribution < 1.29 is 33.8 Å². The molecule has 2 aromatic rings. The van der Waals surface area contributed by atoms with Crippen molar-refractivity contribution in [2.45, 2.75) is 57.6 Å². The molecule has 37 heavy (non-hydrogen) atoms. The molecule has 2 aromatic carbocycles. The van der Waals surface area contributed by atoms with Crippen LogP contribution in [0.1, 0.15) is 37.8 Å². The van der Waals surface area contributed by atoms with Gasteiger partial charge in [-0.2, -0.15) is 0 Å². The smallest absolute Gasteiger partial charge is 0.410 e. The number of hydrogen-bond acceptors (Lipinski definition) is 7. The molecule has 1 fully saturated rings. The number of carbonyl (C=O) groups is 4. The van der Waals surface area contributed by atoms with Gasteiger partial charge in [0.15, 0.2) is 0 Å². The zero-order chi connectivity index (χ0) is 27.0. The number of benzene rings is 2. The van der Waals surface area contributed by atoms with Gasteiger partial charge in [-0.15, -0.1) is 0 Å². The van der Waals surface area contributed by atoms with Crippen LogP contribution in [0.2, 0.25) is 0 Å². The summed E-state index contributed by atoms with van der Waals surface area (Å²) in [6.07, 6.45) is -2.00. The predicted molar refractivity (Wildman–Crippen MR) is 134 cm³/mol. The Balaban J connectivity index is 1.63. The molecule has 1 aliphatic heterocycles. The number of carbonyl (C=O) groups excluding carboxylic acids is 4. The van der Waals surface area contributed by atoms with Gasteiger partial charge in [0.05, 0.1) is 6.10 Å². The fourth-order valence-corrected chi connectivity index (χ4v) is 4.23. The summed E-state index contributed by atoms with van der Waals surface area (Å²) in [5, 5.41) is 12.5. The molecule has 0 spiro atoms. The van der Waals surface area contributed by atoms with Gasteiger partial charge < -0.3 is 19.9 Å². The molecule has 4 amide bonds. The SMILES string of the molecule is CC(O)C(NC(=O)OCc1ccccc1)C(=O)N(C)C(=O)C1(C)CCCN1C(=O)OCc1ccccc1. The molecule has 3 unspecified atom stereocenters. The van der Waals surface area contributed by atoms with Crippen molar-refractivity contribution in [3.63, 3.8) is 0 Å². The van der Waals surface area contributed by atoms with Crippen molar-refractivity contribution in [3.05, 3.63) is 71.8 Å². The van der Waals surface area contributed by atoms with Crippen LogP contribution in [0.15, 0.2) is 60.7 Å². The number of alkyl carbamates (subject to hydrolysis) is 1. The molecule has 0 aliphatic carbocycles. The Morgan fingerprint density at radius 3 is 2.08 bits per heavy atom. The minimum atomic E-state index is -1.43.